The minimum atomic E-state index is -4.39. The summed E-state index contributed by atoms with van der Waals surface area (Å²) in [6, 6.07) is -0.926. The lowest BCUT2D eigenvalue weighted by molar-refractivity contribution is -0.160. The van der Waals surface area contributed by atoms with Crippen LogP contribution in [0.2, 0.25) is 0 Å². The summed E-state index contributed by atoms with van der Waals surface area (Å²) in [5.74, 6) is -0.695. The molecule has 2 N–H and O–H groups in total. The summed E-state index contributed by atoms with van der Waals surface area (Å²) in [5.41, 5.74) is 5.01. The number of halogens is 3. The number of carbonyl (C=O) groups excluding carboxylic acids is 1. The van der Waals surface area contributed by atoms with Crippen molar-refractivity contribution in [2.75, 3.05) is 13.6 Å². The van der Waals surface area contributed by atoms with Crippen LogP contribution >= 0.6 is 0 Å². The normalized spacial score (nSPS) is 14.9. The van der Waals surface area contributed by atoms with E-state index in [1.807, 2.05) is 0 Å². The molecule has 0 unspecified atom stereocenters. The van der Waals surface area contributed by atoms with Crippen LogP contribution in [0.25, 0.3) is 0 Å². The van der Waals surface area contributed by atoms with Crippen molar-refractivity contribution in [2.24, 2.45) is 11.1 Å². The Kier molecular flexibility index (Phi) is 4.16. The summed E-state index contributed by atoms with van der Waals surface area (Å²) < 4.78 is 36.0. The highest BCUT2D eigenvalue weighted by Crippen LogP contribution is 2.21. The third-order valence-corrected chi connectivity index (χ3v) is 1.99. The minimum absolute atomic E-state index is 0.545. The molecule has 6 heteroatoms. The van der Waals surface area contributed by atoms with Gasteiger partial charge in [-0.25, -0.2) is 0 Å². The summed E-state index contributed by atoms with van der Waals surface area (Å²) >= 11 is 0. The van der Waals surface area contributed by atoms with Crippen molar-refractivity contribution >= 4 is 5.91 Å². The lowest BCUT2D eigenvalue weighted by Crippen LogP contribution is -2.51. The highest BCUT2D eigenvalue weighted by Gasteiger charge is 2.35. The van der Waals surface area contributed by atoms with E-state index in [0.717, 1.165) is 7.05 Å². The number of alkyl halides is 3. The van der Waals surface area contributed by atoms with Crippen molar-refractivity contribution in [3.63, 3.8) is 0 Å². The van der Waals surface area contributed by atoms with Gasteiger partial charge in [0.15, 0.2) is 0 Å². The highest BCUT2D eigenvalue weighted by atomic mass is 19.4. The maximum atomic E-state index is 12.0. The highest BCUT2D eigenvalue weighted by molar-refractivity contribution is 5.82. The lowest BCUT2D eigenvalue weighted by Gasteiger charge is -2.30. The summed E-state index contributed by atoms with van der Waals surface area (Å²) in [6.45, 7) is 3.85. The number of hydrogen-bond acceptors (Lipinski definition) is 2. The van der Waals surface area contributed by atoms with E-state index < -0.39 is 30.1 Å². The largest absolute Gasteiger partial charge is 0.406 e. The zero-order valence-corrected chi connectivity index (χ0v) is 9.35. The molecule has 0 saturated carbocycles. The van der Waals surface area contributed by atoms with E-state index in [2.05, 4.69) is 0 Å². The number of rotatable bonds is 2. The van der Waals surface area contributed by atoms with Gasteiger partial charge in [0, 0.05) is 7.05 Å². The number of hydrogen-bond donors (Lipinski definition) is 1. The fourth-order valence-corrected chi connectivity index (χ4v) is 0.955. The van der Waals surface area contributed by atoms with E-state index in [1.165, 1.54) is 0 Å². The minimum Gasteiger partial charge on any atom is -0.335 e. The molecule has 0 radical (unpaired) electrons. The molecular weight excluding hydrogens is 209 g/mol. The second-order valence-corrected chi connectivity index (χ2v) is 4.65. The molecule has 3 nitrogen and oxygen atoms in total. The predicted octanol–water partition coefficient (Wildman–Crippen LogP) is 1.38. The topological polar surface area (TPSA) is 46.3 Å². The zero-order chi connectivity index (χ0) is 12.4. The van der Waals surface area contributed by atoms with E-state index >= 15 is 0 Å². The van der Waals surface area contributed by atoms with E-state index in [9.17, 15) is 18.0 Å². The molecule has 0 aromatic rings. The van der Waals surface area contributed by atoms with E-state index in [1.54, 1.807) is 20.8 Å². The summed E-state index contributed by atoms with van der Waals surface area (Å²) in [4.78, 5) is 12.1. The van der Waals surface area contributed by atoms with Gasteiger partial charge in [0.2, 0.25) is 5.91 Å². The molecule has 0 aliphatic rings. The van der Waals surface area contributed by atoms with Gasteiger partial charge in [-0.15, -0.1) is 0 Å². The molecule has 0 spiro atoms. The van der Waals surface area contributed by atoms with Gasteiger partial charge in [0.05, 0.1) is 6.04 Å². The molecule has 0 bridgehead atoms. The molecule has 0 saturated heterocycles. The van der Waals surface area contributed by atoms with Crippen molar-refractivity contribution < 1.29 is 18.0 Å². The Labute approximate surface area is 87.4 Å². The van der Waals surface area contributed by atoms with Crippen LogP contribution in [0, 0.1) is 5.41 Å². The second-order valence-electron chi connectivity index (χ2n) is 4.65. The van der Waals surface area contributed by atoms with Crippen molar-refractivity contribution in [2.45, 2.75) is 33.0 Å². The fourth-order valence-electron chi connectivity index (χ4n) is 0.955. The van der Waals surface area contributed by atoms with Gasteiger partial charge in [0.1, 0.15) is 6.54 Å². The molecule has 0 rings (SSSR count). The first-order valence-corrected chi connectivity index (χ1v) is 4.52. The predicted molar refractivity (Wildman–Crippen MR) is 51.1 cm³/mol. The van der Waals surface area contributed by atoms with Crippen LogP contribution in [-0.4, -0.2) is 36.6 Å². The maximum Gasteiger partial charge on any atom is 0.406 e. The second kappa shape index (κ2) is 4.38. The Morgan fingerprint density at radius 3 is 2.00 bits per heavy atom. The average Bonchev–Trinajstić information content (AvgIpc) is 1.96. The first-order chi connectivity index (χ1) is 6.45. The Bertz CT molecular complexity index is 232. The molecular formula is C9H17F3N2O. The average molecular weight is 226 g/mol. The Hall–Kier alpha value is -0.780. The lowest BCUT2D eigenvalue weighted by atomic mass is 9.86. The summed E-state index contributed by atoms with van der Waals surface area (Å²) in [6.07, 6.45) is -4.39. The molecule has 0 fully saturated rings. The van der Waals surface area contributed by atoms with Crippen molar-refractivity contribution in [1.82, 2.24) is 4.90 Å². The van der Waals surface area contributed by atoms with Crippen LogP contribution in [0.4, 0.5) is 13.2 Å². The molecule has 90 valence electrons. The van der Waals surface area contributed by atoms with Crippen LogP contribution in [0.15, 0.2) is 0 Å². The monoisotopic (exact) mass is 226 g/mol. The van der Waals surface area contributed by atoms with Gasteiger partial charge < -0.3 is 10.6 Å². The molecule has 1 atom stereocenters. The molecule has 0 aromatic carbocycles. The SMILES string of the molecule is CN(CC(F)(F)F)C(=O)[C@H](N)C(C)(C)C. The van der Waals surface area contributed by atoms with Gasteiger partial charge >= 0.3 is 6.18 Å². The number of amides is 1. The van der Waals surface area contributed by atoms with Gasteiger partial charge in [-0.3, -0.25) is 4.79 Å². The molecule has 0 aliphatic heterocycles. The molecule has 0 aromatic heterocycles. The number of nitrogens with zero attached hydrogens (tertiary/aromatic N) is 1. The molecule has 0 heterocycles. The van der Waals surface area contributed by atoms with E-state index in [-0.39, 0.29) is 0 Å². The number of carbonyl (C=O) groups is 1. The maximum absolute atomic E-state index is 12.0. The Morgan fingerprint density at radius 2 is 1.73 bits per heavy atom. The van der Waals surface area contributed by atoms with Crippen LogP contribution < -0.4 is 5.73 Å². The quantitative estimate of drug-likeness (QED) is 0.773. The third kappa shape index (κ3) is 5.01. The Morgan fingerprint density at radius 1 is 1.33 bits per heavy atom. The van der Waals surface area contributed by atoms with Crippen LogP contribution in [0.3, 0.4) is 0 Å². The molecule has 0 aliphatic carbocycles. The van der Waals surface area contributed by atoms with Crippen LogP contribution in [0.5, 0.6) is 0 Å². The zero-order valence-electron chi connectivity index (χ0n) is 9.35. The summed E-state index contributed by atoms with van der Waals surface area (Å²) in [5, 5.41) is 0. The van der Waals surface area contributed by atoms with Gasteiger partial charge in [0.25, 0.3) is 0 Å². The summed E-state index contributed by atoms with van der Waals surface area (Å²) in [7, 11) is 1.10. The third-order valence-electron chi connectivity index (χ3n) is 1.99. The van der Waals surface area contributed by atoms with Crippen molar-refractivity contribution in [3.8, 4) is 0 Å². The fraction of sp³-hybridized carbons (Fsp3) is 0.889. The van der Waals surface area contributed by atoms with Gasteiger partial charge in [-0.2, -0.15) is 13.2 Å². The standard InChI is InChI=1S/C9H17F3N2O/c1-8(2,3)6(13)7(15)14(4)5-9(10,11)12/h6H,5,13H2,1-4H3/t6-/m0/s1. The number of likely N-dealkylation sites (N-methyl/N-ethyl adjacent to an activating group) is 1. The first kappa shape index (κ1) is 14.2. The van der Waals surface area contributed by atoms with Crippen molar-refractivity contribution in [1.29, 1.82) is 0 Å². The van der Waals surface area contributed by atoms with Gasteiger partial charge in [-0.1, -0.05) is 20.8 Å². The van der Waals surface area contributed by atoms with Crippen molar-refractivity contribution in [3.05, 3.63) is 0 Å². The molecule has 1 amide bonds. The van der Waals surface area contributed by atoms with Crippen LogP contribution in [0.1, 0.15) is 20.8 Å². The number of nitrogens with two attached hydrogens (primary N) is 1. The first-order valence-electron chi connectivity index (χ1n) is 4.52. The van der Waals surface area contributed by atoms with Gasteiger partial charge in [-0.05, 0) is 5.41 Å². The molecule has 15 heavy (non-hydrogen) atoms. The van der Waals surface area contributed by atoms with Crippen LogP contribution in [-0.2, 0) is 4.79 Å². The van der Waals surface area contributed by atoms with E-state index in [0.29, 0.717) is 4.90 Å². The van der Waals surface area contributed by atoms with E-state index in [4.69, 9.17) is 5.73 Å². The Balaban J connectivity index is 4.47. The smallest absolute Gasteiger partial charge is 0.335 e.